The van der Waals surface area contributed by atoms with Crippen LogP contribution in [0.4, 0.5) is 4.39 Å². The zero-order chi connectivity index (χ0) is 15.9. The molecule has 0 atom stereocenters. The first kappa shape index (κ1) is 16.9. The van der Waals surface area contributed by atoms with E-state index in [2.05, 4.69) is 18.7 Å². The van der Waals surface area contributed by atoms with E-state index in [1.54, 1.807) is 6.07 Å². The van der Waals surface area contributed by atoms with Gasteiger partial charge in [0.1, 0.15) is 5.82 Å². The largest absolute Gasteiger partial charge is 0.342 e. The second-order valence-corrected chi connectivity index (χ2v) is 6.11. The van der Waals surface area contributed by atoms with Gasteiger partial charge >= 0.3 is 0 Å². The Labute approximate surface area is 133 Å². The summed E-state index contributed by atoms with van der Waals surface area (Å²) in [6.45, 7) is 6.73. The highest BCUT2D eigenvalue weighted by molar-refractivity contribution is 5.78. The summed E-state index contributed by atoms with van der Waals surface area (Å²) in [6.07, 6.45) is 4.18. The van der Waals surface area contributed by atoms with Gasteiger partial charge in [-0.25, -0.2) is 4.39 Å². The monoisotopic (exact) mass is 306 g/mol. The molecular weight excluding hydrogens is 279 g/mol. The molecule has 0 aliphatic heterocycles. The Kier molecular flexibility index (Phi) is 6.37. The third-order valence-corrected chi connectivity index (χ3v) is 4.07. The first-order valence-corrected chi connectivity index (χ1v) is 8.40. The molecular formula is C18H27FN2O. The zero-order valence-corrected chi connectivity index (χ0v) is 13.7. The lowest BCUT2D eigenvalue weighted by molar-refractivity contribution is -0.132. The topological polar surface area (TPSA) is 23.6 Å². The van der Waals surface area contributed by atoms with E-state index in [-0.39, 0.29) is 11.7 Å². The molecule has 1 aromatic rings. The van der Waals surface area contributed by atoms with Crippen LogP contribution in [0.3, 0.4) is 0 Å². The maximum absolute atomic E-state index is 13.8. The van der Waals surface area contributed by atoms with Crippen molar-refractivity contribution in [2.24, 2.45) is 0 Å². The Hall–Kier alpha value is -1.42. The Bertz CT molecular complexity index is 482. The van der Waals surface area contributed by atoms with E-state index in [1.165, 1.54) is 6.07 Å². The molecule has 0 N–H and O–H groups in total. The van der Waals surface area contributed by atoms with E-state index < -0.39 is 0 Å². The van der Waals surface area contributed by atoms with Crippen LogP contribution >= 0.6 is 0 Å². The van der Waals surface area contributed by atoms with Gasteiger partial charge in [-0.15, -0.1) is 0 Å². The van der Waals surface area contributed by atoms with Crippen molar-refractivity contribution in [3.8, 4) is 0 Å². The molecule has 122 valence electrons. The third kappa shape index (κ3) is 4.80. The number of amides is 1. The standard InChI is InChI=1S/C18H27FN2O/c1-3-11-20(12-4-2)18(22)14-21(16-9-10-16)13-15-7-5-6-8-17(15)19/h5-8,16H,3-4,9-14H2,1-2H3. The molecule has 1 fully saturated rings. The van der Waals surface area contributed by atoms with E-state index in [9.17, 15) is 9.18 Å². The molecule has 0 unspecified atom stereocenters. The molecule has 0 saturated heterocycles. The molecule has 0 heterocycles. The van der Waals surface area contributed by atoms with Crippen LogP contribution in [0, 0.1) is 5.82 Å². The van der Waals surface area contributed by atoms with Crippen LogP contribution in [0.2, 0.25) is 0 Å². The van der Waals surface area contributed by atoms with Crippen molar-refractivity contribution < 1.29 is 9.18 Å². The summed E-state index contributed by atoms with van der Waals surface area (Å²) in [6, 6.07) is 7.29. The van der Waals surface area contributed by atoms with Gasteiger partial charge in [0, 0.05) is 31.2 Å². The summed E-state index contributed by atoms with van der Waals surface area (Å²) in [7, 11) is 0. The van der Waals surface area contributed by atoms with Crippen molar-refractivity contribution in [3.63, 3.8) is 0 Å². The van der Waals surface area contributed by atoms with Gasteiger partial charge in [0.05, 0.1) is 6.54 Å². The van der Waals surface area contributed by atoms with Crippen molar-refractivity contribution in [1.82, 2.24) is 9.80 Å². The smallest absolute Gasteiger partial charge is 0.236 e. The minimum absolute atomic E-state index is 0.173. The number of hydrogen-bond acceptors (Lipinski definition) is 2. The highest BCUT2D eigenvalue weighted by Crippen LogP contribution is 2.28. The SMILES string of the molecule is CCCN(CCC)C(=O)CN(Cc1ccccc1F)C1CC1. The van der Waals surface area contributed by atoms with Gasteiger partial charge in [0.15, 0.2) is 0 Å². The molecule has 0 bridgehead atoms. The van der Waals surface area contributed by atoms with Gasteiger partial charge in [0.2, 0.25) is 5.91 Å². The maximum atomic E-state index is 13.8. The molecule has 0 aromatic heterocycles. The minimum Gasteiger partial charge on any atom is -0.342 e. The summed E-state index contributed by atoms with van der Waals surface area (Å²) < 4.78 is 13.8. The molecule has 1 saturated carbocycles. The summed E-state index contributed by atoms with van der Waals surface area (Å²) in [5.74, 6) is -0.00786. The Morgan fingerprint density at radius 2 is 1.82 bits per heavy atom. The molecule has 2 rings (SSSR count). The number of nitrogens with zero attached hydrogens (tertiary/aromatic N) is 2. The number of carbonyl (C=O) groups excluding carboxylic acids is 1. The van der Waals surface area contributed by atoms with E-state index >= 15 is 0 Å². The number of halogens is 1. The first-order valence-electron chi connectivity index (χ1n) is 8.40. The molecule has 0 radical (unpaired) electrons. The Balaban J connectivity index is 1.99. The summed E-state index contributed by atoms with van der Waals surface area (Å²) in [5.41, 5.74) is 0.680. The maximum Gasteiger partial charge on any atom is 0.236 e. The van der Waals surface area contributed by atoms with E-state index in [4.69, 9.17) is 0 Å². The molecule has 1 aliphatic carbocycles. The van der Waals surface area contributed by atoms with E-state index in [0.29, 0.717) is 24.7 Å². The molecule has 1 aromatic carbocycles. The average Bonchev–Trinajstić information content (AvgIpc) is 3.33. The predicted molar refractivity (Wildman–Crippen MR) is 87.0 cm³/mol. The van der Waals surface area contributed by atoms with Gasteiger partial charge < -0.3 is 4.90 Å². The number of benzene rings is 1. The second-order valence-electron chi connectivity index (χ2n) is 6.11. The van der Waals surface area contributed by atoms with Crippen molar-refractivity contribution in [2.45, 2.75) is 52.1 Å². The minimum atomic E-state index is -0.181. The summed E-state index contributed by atoms with van der Waals surface area (Å²) in [4.78, 5) is 16.6. The lowest BCUT2D eigenvalue weighted by Gasteiger charge is -2.27. The van der Waals surface area contributed by atoms with Crippen LogP contribution in [-0.2, 0) is 11.3 Å². The van der Waals surface area contributed by atoms with Crippen LogP contribution in [0.5, 0.6) is 0 Å². The number of hydrogen-bond donors (Lipinski definition) is 0. The van der Waals surface area contributed by atoms with Crippen LogP contribution in [0.25, 0.3) is 0 Å². The summed E-state index contributed by atoms with van der Waals surface area (Å²) >= 11 is 0. The fourth-order valence-electron chi connectivity index (χ4n) is 2.77. The highest BCUT2D eigenvalue weighted by atomic mass is 19.1. The molecule has 22 heavy (non-hydrogen) atoms. The first-order chi connectivity index (χ1) is 10.7. The molecule has 0 spiro atoms. The fraction of sp³-hybridized carbons (Fsp3) is 0.611. The quantitative estimate of drug-likeness (QED) is 0.698. The lowest BCUT2D eigenvalue weighted by atomic mass is 10.2. The van der Waals surface area contributed by atoms with Crippen LogP contribution < -0.4 is 0 Å². The molecule has 3 nitrogen and oxygen atoms in total. The zero-order valence-electron chi connectivity index (χ0n) is 13.7. The van der Waals surface area contributed by atoms with Gasteiger partial charge in [-0.05, 0) is 31.7 Å². The van der Waals surface area contributed by atoms with Gasteiger partial charge in [0.25, 0.3) is 0 Å². The van der Waals surface area contributed by atoms with Crippen LogP contribution in [-0.4, -0.2) is 41.4 Å². The van der Waals surface area contributed by atoms with Gasteiger partial charge in [-0.2, -0.15) is 0 Å². The number of carbonyl (C=O) groups is 1. The van der Waals surface area contributed by atoms with Crippen LogP contribution in [0.1, 0.15) is 45.1 Å². The number of rotatable bonds is 9. The second kappa shape index (κ2) is 8.28. The van der Waals surface area contributed by atoms with Crippen molar-refractivity contribution in [2.75, 3.05) is 19.6 Å². The third-order valence-electron chi connectivity index (χ3n) is 4.07. The van der Waals surface area contributed by atoms with Crippen molar-refractivity contribution >= 4 is 5.91 Å². The Morgan fingerprint density at radius 3 is 2.36 bits per heavy atom. The van der Waals surface area contributed by atoms with Gasteiger partial charge in [-0.1, -0.05) is 32.0 Å². The van der Waals surface area contributed by atoms with E-state index in [1.807, 2.05) is 17.0 Å². The Morgan fingerprint density at radius 1 is 1.18 bits per heavy atom. The van der Waals surface area contributed by atoms with Crippen molar-refractivity contribution in [3.05, 3.63) is 35.6 Å². The average molecular weight is 306 g/mol. The highest BCUT2D eigenvalue weighted by Gasteiger charge is 2.31. The van der Waals surface area contributed by atoms with Gasteiger partial charge in [-0.3, -0.25) is 9.69 Å². The fourth-order valence-corrected chi connectivity index (χ4v) is 2.77. The molecule has 1 amide bonds. The van der Waals surface area contributed by atoms with Crippen molar-refractivity contribution in [1.29, 1.82) is 0 Å². The predicted octanol–water partition coefficient (Wildman–Crippen LogP) is 3.44. The molecule has 4 heteroatoms. The van der Waals surface area contributed by atoms with Crippen LogP contribution in [0.15, 0.2) is 24.3 Å². The summed E-state index contributed by atoms with van der Waals surface area (Å²) in [5, 5.41) is 0. The lowest BCUT2D eigenvalue weighted by Crippen LogP contribution is -2.41. The normalized spacial score (nSPS) is 14.4. The van der Waals surface area contributed by atoms with E-state index in [0.717, 1.165) is 38.8 Å². The molecule has 1 aliphatic rings.